The van der Waals surface area contributed by atoms with Gasteiger partial charge in [-0.05, 0) is 46.1 Å². The Morgan fingerprint density at radius 1 is 1.03 bits per heavy atom. The van der Waals surface area contributed by atoms with E-state index in [2.05, 4.69) is 15.3 Å². The Morgan fingerprint density at radius 3 is 2.47 bits per heavy atom. The third kappa shape index (κ3) is 3.49. The molecule has 1 amide bonds. The fourth-order valence-electron chi connectivity index (χ4n) is 4.35. The van der Waals surface area contributed by atoms with Crippen LogP contribution in [0.1, 0.15) is 58.4 Å². The predicted octanol–water partition coefficient (Wildman–Crippen LogP) is 2.55. The highest BCUT2D eigenvalue weighted by Crippen LogP contribution is 2.40. The Balaban J connectivity index is 1.42. The lowest BCUT2D eigenvalue weighted by Crippen LogP contribution is -2.37. The largest absolute Gasteiger partial charge is 0.360 e. The molecule has 0 atom stereocenters. The van der Waals surface area contributed by atoms with E-state index in [-0.39, 0.29) is 29.7 Å². The molecule has 170 valence electrons. The van der Waals surface area contributed by atoms with Gasteiger partial charge >= 0.3 is 0 Å². The van der Waals surface area contributed by atoms with Crippen LogP contribution in [0.2, 0.25) is 0 Å². The number of hydrogen-bond donors (Lipinski definition) is 0. The number of carbonyl (C=O) groups excluding carboxylic acids is 1. The van der Waals surface area contributed by atoms with Gasteiger partial charge in [0.1, 0.15) is 10.6 Å². The van der Waals surface area contributed by atoms with E-state index in [9.17, 15) is 13.2 Å². The SMILES string of the molecule is Cc1noc(C)c1S(=O)(=O)N1CCCN(C(=O)c2cc(C3CC3)nc3onc(C)c23)CC1. The normalized spacial score (nSPS) is 18.3. The van der Waals surface area contributed by atoms with Crippen molar-refractivity contribution in [1.29, 1.82) is 0 Å². The van der Waals surface area contributed by atoms with Crippen LogP contribution in [-0.2, 0) is 10.0 Å². The van der Waals surface area contributed by atoms with Crippen molar-refractivity contribution < 1.29 is 22.3 Å². The molecule has 0 bridgehead atoms. The average Bonchev–Trinajstić information content (AvgIpc) is 3.51. The Kier molecular flexibility index (Phi) is 5.05. The van der Waals surface area contributed by atoms with Crippen LogP contribution < -0.4 is 0 Å². The molecule has 5 rings (SSSR count). The van der Waals surface area contributed by atoms with Crippen LogP contribution in [0.3, 0.4) is 0 Å². The lowest BCUT2D eigenvalue weighted by Gasteiger charge is -2.22. The summed E-state index contributed by atoms with van der Waals surface area (Å²) in [4.78, 5) is 19.9. The Labute approximate surface area is 185 Å². The fourth-order valence-corrected chi connectivity index (χ4v) is 6.11. The molecule has 0 aromatic carbocycles. The van der Waals surface area contributed by atoms with Crippen molar-refractivity contribution in [1.82, 2.24) is 24.5 Å². The van der Waals surface area contributed by atoms with Gasteiger partial charge in [-0.25, -0.2) is 13.4 Å². The number of carbonyl (C=O) groups is 1. The molecule has 2 aliphatic rings. The summed E-state index contributed by atoms with van der Waals surface area (Å²) in [6.07, 6.45) is 2.63. The Morgan fingerprint density at radius 2 is 1.78 bits per heavy atom. The van der Waals surface area contributed by atoms with Crippen molar-refractivity contribution in [3.8, 4) is 0 Å². The van der Waals surface area contributed by atoms with Gasteiger partial charge in [0, 0.05) is 37.8 Å². The number of aromatic nitrogens is 3. The second-order valence-electron chi connectivity index (χ2n) is 8.52. The standard InChI is InChI=1S/C21H25N5O5S/c1-12-18-16(11-17(15-5-6-15)22-20(18)31-23-12)21(27)25-7-4-8-26(10-9-25)32(28,29)19-13(2)24-30-14(19)3/h11,15H,4-10H2,1-3H3. The molecule has 1 aliphatic carbocycles. The van der Waals surface area contributed by atoms with Crippen LogP contribution in [0.5, 0.6) is 0 Å². The van der Waals surface area contributed by atoms with Gasteiger partial charge in [0.2, 0.25) is 10.0 Å². The number of rotatable bonds is 4. The minimum Gasteiger partial charge on any atom is -0.360 e. The van der Waals surface area contributed by atoms with Crippen molar-refractivity contribution in [3.05, 3.63) is 34.5 Å². The van der Waals surface area contributed by atoms with E-state index in [1.54, 1.807) is 25.7 Å². The van der Waals surface area contributed by atoms with E-state index in [0.29, 0.717) is 53.5 Å². The number of hydrogen-bond acceptors (Lipinski definition) is 8. The van der Waals surface area contributed by atoms with E-state index in [1.165, 1.54) is 4.31 Å². The maximum absolute atomic E-state index is 13.5. The van der Waals surface area contributed by atoms with Gasteiger partial charge in [0.05, 0.1) is 16.6 Å². The zero-order chi connectivity index (χ0) is 22.6. The molecule has 0 N–H and O–H groups in total. The highest BCUT2D eigenvalue weighted by atomic mass is 32.2. The Bertz CT molecular complexity index is 1290. The summed E-state index contributed by atoms with van der Waals surface area (Å²) in [6.45, 7) is 6.26. The van der Waals surface area contributed by atoms with Crippen molar-refractivity contribution in [3.63, 3.8) is 0 Å². The summed E-state index contributed by atoms with van der Waals surface area (Å²) in [7, 11) is -3.76. The van der Waals surface area contributed by atoms with Crippen LogP contribution in [0.4, 0.5) is 0 Å². The third-order valence-corrected chi connectivity index (χ3v) is 8.31. The molecule has 1 aliphatic heterocycles. The molecule has 11 heteroatoms. The van der Waals surface area contributed by atoms with Crippen molar-refractivity contribution in [2.75, 3.05) is 26.2 Å². The van der Waals surface area contributed by atoms with Gasteiger partial charge in [0.15, 0.2) is 5.76 Å². The summed E-state index contributed by atoms with van der Waals surface area (Å²) in [5, 5.41) is 8.41. The molecule has 3 aromatic heterocycles. The van der Waals surface area contributed by atoms with Crippen molar-refractivity contribution in [2.24, 2.45) is 0 Å². The van der Waals surface area contributed by atoms with Crippen molar-refractivity contribution in [2.45, 2.75) is 50.8 Å². The molecule has 2 fully saturated rings. The molecular formula is C21H25N5O5S. The second-order valence-corrected chi connectivity index (χ2v) is 10.4. The molecule has 1 saturated carbocycles. The van der Waals surface area contributed by atoms with E-state index >= 15 is 0 Å². The number of amides is 1. The first-order valence-electron chi connectivity index (χ1n) is 10.8. The maximum atomic E-state index is 13.5. The monoisotopic (exact) mass is 459 g/mol. The molecule has 0 radical (unpaired) electrons. The van der Waals surface area contributed by atoms with Gasteiger partial charge in [-0.3, -0.25) is 4.79 Å². The lowest BCUT2D eigenvalue weighted by molar-refractivity contribution is 0.0766. The number of aryl methyl sites for hydroxylation is 3. The van der Waals surface area contributed by atoms with Crippen LogP contribution in [0, 0.1) is 20.8 Å². The van der Waals surface area contributed by atoms with E-state index in [0.717, 1.165) is 18.5 Å². The topological polar surface area (TPSA) is 123 Å². The van der Waals surface area contributed by atoms with E-state index in [1.807, 2.05) is 6.07 Å². The lowest BCUT2D eigenvalue weighted by atomic mass is 10.1. The molecule has 10 nitrogen and oxygen atoms in total. The van der Waals surface area contributed by atoms with Crippen LogP contribution >= 0.6 is 0 Å². The Hall–Kier alpha value is -2.79. The van der Waals surface area contributed by atoms with Gasteiger partial charge in [0.25, 0.3) is 11.6 Å². The fraction of sp³-hybridized carbons (Fsp3) is 0.524. The zero-order valence-corrected chi connectivity index (χ0v) is 19.1. The van der Waals surface area contributed by atoms with Gasteiger partial charge in [-0.2, -0.15) is 4.31 Å². The first kappa shape index (κ1) is 21.1. The molecule has 4 heterocycles. The predicted molar refractivity (Wildman–Crippen MR) is 114 cm³/mol. The summed E-state index contributed by atoms with van der Waals surface area (Å²) < 4.78 is 38.2. The van der Waals surface area contributed by atoms with E-state index < -0.39 is 10.0 Å². The maximum Gasteiger partial charge on any atom is 0.259 e. The first-order valence-corrected chi connectivity index (χ1v) is 12.2. The number of sulfonamides is 1. The van der Waals surface area contributed by atoms with Crippen LogP contribution in [0.25, 0.3) is 11.1 Å². The molecular weight excluding hydrogens is 434 g/mol. The number of fused-ring (bicyclic) bond motifs is 1. The molecule has 1 saturated heterocycles. The molecule has 0 spiro atoms. The summed E-state index contributed by atoms with van der Waals surface area (Å²) in [5.41, 5.74) is 2.73. The number of pyridine rings is 1. The smallest absolute Gasteiger partial charge is 0.259 e. The highest BCUT2D eigenvalue weighted by molar-refractivity contribution is 7.89. The molecule has 3 aromatic rings. The quantitative estimate of drug-likeness (QED) is 0.583. The first-order chi connectivity index (χ1) is 15.3. The average molecular weight is 460 g/mol. The second kappa shape index (κ2) is 7.66. The van der Waals surface area contributed by atoms with E-state index in [4.69, 9.17) is 9.05 Å². The third-order valence-electron chi connectivity index (χ3n) is 6.17. The summed E-state index contributed by atoms with van der Waals surface area (Å²) >= 11 is 0. The summed E-state index contributed by atoms with van der Waals surface area (Å²) in [6, 6.07) is 1.86. The highest BCUT2D eigenvalue weighted by Gasteiger charge is 2.34. The van der Waals surface area contributed by atoms with Gasteiger partial charge in [-0.1, -0.05) is 10.3 Å². The van der Waals surface area contributed by atoms with Crippen LogP contribution in [0.15, 0.2) is 20.0 Å². The minimum absolute atomic E-state index is 0.113. The molecule has 32 heavy (non-hydrogen) atoms. The zero-order valence-electron chi connectivity index (χ0n) is 18.3. The number of nitrogens with zero attached hydrogens (tertiary/aromatic N) is 5. The van der Waals surface area contributed by atoms with Crippen molar-refractivity contribution >= 4 is 27.0 Å². The van der Waals surface area contributed by atoms with Crippen LogP contribution in [-0.4, -0.2) is 65.0 Å². The molecule has 0 unspecified atom stereocenters. The minimum atomic E-state index is -3.76. The van der Waals surface area contributed by atoms with Gasteiger partial charge < -0.3 is 13.9 Å². The van der Waals surface area contributed by atoms with Gasteiger partial charge in [-0.15, -0.1) is 0 Å². The summed E-state index contributed by atoms with van der Waals surface area (Å²) in [5.74, 6) is 0.479.